The standard InChI is InChI=1S/C29H24FN3O2S2/c1-19(2)33-28(34)26(37-29(33)36)16-22-17-32(23-9-4-3-5-10-23)31-27(22)20-12-14-24(15-13-20)35-18-21-8-6-7-11-25(21)30/h3-17,19H,18H2,1-2H3/b26-16-. The summed E-state index contributed by atoms with van der Waals surface area (Å²) in [5.74, 6) is 0.229. The number of carbonyl (C=O) groups excluding carboxylic acids is 1. The molecule has 1 fully saturated rings. The van der Waals surface area contributed by atoms with Crippen LogP contribution in [0.4, 0.5) is 4.39 Å². The normalized spacial score (nSPS) is 14.7. The van der Waals surface area contributed by atoms with Crippen LogP contribution in [0.3, 0.4) is 0 Å². The number of benzene rings is 3. The van der Waals surface area contributed by atoms with Crippen molar-refractivity contribution in [2.24, 2.45) is 0 Å². The number of ether oxygens (including phenoxy) is 1. The third-order valence-electron chi connectivity index (χ3n) is 5.87. The molecule has 5 nitrogen and oxygen atoms in total. The molecule has 0 bridgehead atoms. The van der Waals surface area contributed by atoms with E-state index in [1.807, 2.05) is 80.7 Å². The number of para-hydroxylation sites is 1. The van der Waals surface area contributed by atoms with Crippen LogP contribution >= 0.6 is 24.0 Å². The van der Waals surface area contributed by atoms with E-state index in [1.54, 1.807) is 27.8 Å². The maximum atomic E-state index is 13.9. The number of thioether (sulfide) groups is 1. The SMILES string of the molecule is CC(C)N1C(=O)/C(=C/c2cn(-c3ccccc3)nc2-c2ccc(OCc3ccccc3F)cc2)SC1=S. The van der Waals surface area contributed by atoms with Gasteiger partial charge in [-0.3, -0.25) is 9.69 Å². The summed E-state index contributed by atoms with van der Waals surface area (Å²) in [7, 11) is 0. The van der Waals surface area contributed by atoms with Crippen LogP contribution in [0.25, 0.3) is 23.0 Å². The summed E-state index contributed by atoms with van der Waals surface area (Å²) < 4.78 is 22.1. The van der Waals surface area contributed by atoms with E-state index in [0.29, 0.717) is 20.5 Å². The molecule has 1 aliphatic heterocycles. The molecule has 1 saturated heterocycles. The minimum Gasteiger partial charge on any atom is -0.489 e. The van der Waals surface area contributed by atoms with Crippen molar-refractivity contribution in [1.29, 1.82) is 0 Å². The first-order valence-electron chi connectivity index (χ1n) is 11.8. The van der Waals surface area contributed by atoms with Crippen LogP contribution in [0.1, 0.15) is 25.0 Å². The minimum atomic E-state index is -0.293. The molecular formula is C29H24FN3O2S2. The fraction of sp³-hybridized carbons (Fsp3) is 0.138. The summed E-state index contributed by atoms with van der Waals surface area (Å²) in [5.41, 5.74) is 3.78. The van der Waals surface area contributed by atoms with Crippen LogP contribution < -0.4 is 4.74 Å². The van der Waals surface area contributed by atoms with Crippen molar-refractivity contribution < 1.29 is 13.9 Å². The largest absolute Gasteiger partial charge is 0.489 e. The Morgan fingerprint density at radius 3 is 2.41 bits per heavy atom. The van der Waals surface area contributed by atoms with Gasteiger partial charge in [0.05, 0.1) is 16.3 Å². The molecule has 0 aliphatic carbocycles. The Morgan fingerprint density at radius 1 is 1.03 bits per heavy atom. The van der Waals surface area contributed by atoms with E-state index in [0.717, 1.165) is 22.5 Å². The molecular weight excluding hydrogens is 505 g/mol. The van der Waals surface area contributed by atoms with Gasteiger partial charge in [0.2, 0.25) is 0 Å². The molecule has 0 N–H and O–H groups in total. The fourth-order valence-electron chi connectivity index (χ4n) is 3.98. The Balaban J connectivity index is 1.46. The van der Waals surface area contributed by atoms with Gasteiger partial charge in [-0.15, -0.1) is 0 Å². The number of aromatic nitrogens is 2. The molecule has 0 spiro atoms. The smallest absolute Gasteiger partial charge is 0.266 e. The lowest BCUT2D eigenvalue weighted by Gasteiger charge is -2.18. The number of hydrogen-bond donors (Lipinski definition) is 0. The van der Waals surface area contributed by atoms with E-state index in [4.69, 9.17) is 22.1 Å². The summed E-state index contributed by atoms with van der Waals surface area (Å²) in [6, 6.07) is 23.8. The molecule has 3 aromatic carbocycles. The van der Waals surface area contributed by atoms with Crippen LogP contribution in [-0.2, 0) is 11.4 Å². The lowest BCUT2D eigenvalue weighted by Crippen LogP contribution is -2.34. The number of carbonyl (C=O) groups is 1. The van der Waals surface area contributed by atoms with E-state index >= 15 is 0 Å². The second-order valence-corrected chi connectivity index (χ2v) is 10.4. The van der Waals surface area contributed by atoms with Crippen molar-refractivity contribution in [2.75, 3.05) is 0 Å². The summed E-state index contributed by atoms with van der Waals surface area (Å²) in [6.07, 6.45) is 3.77. The monoisotopic (exact) mass is 529 g/mol. The van der Waals surface area contributed by atoms with Crippen LogP contribution in [-0.4, -0.2) is 30.9 Å². The minimum absolute atomic E-state index is 0.0122. The zero-order valence-corrected chi connectivity index (χ0v) is 21.9. The van der Waals surface area contributed by atoms with Crippen molar-refractivity contribution in [3.05, 3.63) is 107 Å². The third kappa shape index (κ3) is 5.35. The predicted molar refractivity (Wildman–Crippen MR) is 150 cm³/mol. The molecule has 8 heteroatoms. The van der Waals surface area contributed by atoms with Crippen molar-refractivity contribution in [3.8, 4) is 22.7 Å². The van der Waals surface area contributed by atoms with Gasteiger partial charge in [0.25, 0.3) is 5.91 Å². The second-order valence-electron chi connectivity index (χ2n) is 8.76. The van der Waals surface area contributed by atoms with Gasteiger partial charge in [0.1, 0.15) is 22.5 Å². The van der Waals surface area contributed by atoms with E-state index < -0.39 is 0 Å². The fourth-order valence-corrected chi connectivity index (χ4v) is 5.50. The number of hydrogen-bond acceptors (Lipinski definition) is 5. The summed E-state index contributed by atoms with van der Waals surface area (Å²) in [6.45, 7) is 4.03. The zero-order chi connectivity index (χ0) is 25.9. The van der Waals surface area contributed by atoms with E-state index in [9.17, 15) is 9.18 Å². The highest BCUT2D eigenvalue weighted by molar-refractivity contribution is 8.26. The Bertz CT molecular complexity index is 1480. The van der Waals surface area contributed by atoms with Gasteiger partial charge in [-0.25, -0.2) is 9.07 Å². The molecule has 0 saturated carbocycles. The van der Waals surface area contributed by atoms with Crippen molar-refractivity contribution in [3.63, 3.8) is 0 Å². The number of thiocarbonyl (C=S) groups is 1. The van der Waals surface area contributed by atoms with Crippen LogP contribution in [0.2, 0.25) is 0 Å². The Morgan fingerprint density at radius 2 is 1.73 bits per heavy atom. The second kappa shape index (κ2) is 10.7. The predicted octanol–water partition coefficient (Wildman–Crippen LogP) is 6.87. The summed E-state index contributed by atoms with van der Waals surface area (Å²) in [5, 5.41) is 4.84. The first-order chi connectivity index (χ1) is 17.9. The molecule has 1 amide bonds. The molecule has 37 heavy (non-hydrogen) atoms. The number of amides is 1. The molecule has 0 radical (unpaired) electrons. The van der Waals surface area contributed by atoms with Crippen LogP contribution in [0, 0.1) is 5.82 Å². The molecule has 1 aliphatic rings. The molecule has 4 aromatic rings. The molecule has 5 rings (SSSR count). The van der Waals surface area contributed by atoms with E-state index in [1.165, 1.54) is 17.8 Å². The maximum Gasteiger partial charge on any atom is 0.266 e. The molecule has 2 heterocycles. The molecule has 186 valence electrons. The Labute approximate surface area is 224 Å². The van der Waals surface area contributed by atoms with Gasteiger partial charge in [0.15, 0.2) is 0 Å². The van der Waals surface area contributed by atoms with Gasteiger partial charge >= 0.3 is 0 Å². The highest BCUT2D eigenvalue weighted by atomic mass is 32.2. The van der Waals surface area contributed by atoms with Crippen LogP contribution in [0.5, 0.6) is 5.75 Å². The molecule has 0 unspecified atom stereocenters. The summed E-state index contributed by atoms with van der Waals surface area (Å²) >= 11 is 6.75. The average Bonchev–Trinajstić information content (AvgIpc) is 3.44. The number of halogens is 1. The van der Waals surface area contributed by atoms with Crippen molar-refractivity contribution in [1.82, 2.24) is 14.7 Å². The topological polar surface area (TPSA) is 47.4 Å². The van der Waals surface area contributed by atoms with E-state index in [2.05, 4.69) is 0 Å². The third-order valence-corrected chi connectivity index (χ3v) is 7.20. The van der Waals surface area contributed by atoms with Crippen LogP contribution in [0.15, 0.2) is 90.0 Å². The number of rotatable bonds is 7. The quantitative estimate of drug-likeness (QED) is 0.193. The summed E-state index contributed by atoms with van der Waals surface area (Å²) in [4.78, 5) is 15.2. The van der Waals surface area contributed by atoms with Crippen molar-refractivity contribution >= 4 is 40.3 Å². The highest BCUT2D eigenvalue weighted by Crippen LogP contribution is 2.36. The first-order valence-corrected chi connectivity index (χ1v) is 13.0. The van der Waals surface area contributed by atoms with Gasteiger partial charge in [-0.05, 0) is 62.4 Å². The van der Waals surface area contributed by atoms with E-state index in [-0.39, 0.29) is 24.4 Å². The molecule has 1 aromatic heterocycles. The van der Waals surface area contributed by atoms with Gasteiger partial charge < -0.3 is 4.74 Å². The Kier molecular flexibility index (Phi) is 7.21. The maximum absolute atomic E-state index is 13.9. The average molecular weight is 530 g/mol. The zero-order valence-electron chi connectivity index (χ0n) is 20.3. The highest BCUT2D eigenvalue weighted by Gasteiger charge is 2.34. The van der Waals surface area contributed by atoms with Gasteiger partial charge in [-0.2, -0.15) is 5.10 Å². The van der Waals surface area contributed by atoms with Crippen molar-refractivity contribution in [2.45, 2.75) is 26.5 Å². The Hall–Kier alpha value is -3.75. The molecule has 0 atom stereocenters. The van der Waals surface area contributed by atoms with Gasteiger partial charge in [0, 0.05) is 28.9 Å². The van der Waals surface area contributed by atoms with Gasteiger partial charge in [-0.1, -0.05) is 60.4 Å². The lowest BCUT2D eigenvalue weighted by molar-refractivity contribution is -0.123. The first kappa shape index (κ1) is 24.9. The number of nitrogens with zero attached hydrogens (tertiary/aromatic N) is 3. The lowest BCUT2D eigenvalue weighted by atomic mass is 10.1.